The highest BCUT2D eigenvalue weighted by atomic mass is 35.7. The fourth-order valence-corrected chi connectivity index (χ4v) is 3.60. The van der Waals surface area contributed by atoms with Crippen LogP contribution in [0.2, 0.25) is 5.02 Å². The van der Waals surface area contributed by atoms with Gasteiger partial charge in [-0.1, -0.05) is 11.6 Å². The van der Waals surface area contributed by atoms with Crippen LogP contribution in [0.4, 0.5) is 0 Å². The molecular weight excluding hydrogens is 323 g/mol. The molecular formula is C13H16Cl2O4S. The van der Waals surface area contributed by atoms with Gasteiger partial charge in [0.15, 0.2) is 0 Å². The number of methoxy groups -OCH3 is 1. The summed E-state index contributed by atoms with van der Waals surface area (Å²) in [7, 11) is 3.19. The Hall–Kier alpha value is -0.490. The molecule has 1 aromatic carbocycles. The predicted octanol–water partition coefficient (Wildman–Crippen LogP) is 3.60. The molecule has 0 aliphatic heterocycles. The lowest BCUT2D eigenvalue weighted by molar-refractivity contribution is 0.0200. The molecule has 2 rings (SSSR count). The molecule has 0 saturated heterocycles. The summed E-state index contributed by atoms with van der Waals surface area (Å²) in [5.74, 6) is 0.242. The van der Waals surface area contributed by atoms with Crippen molar-refractivity contribution in [2.75, 3.05) is 7.11 Å². The molecule has 1 fully saturated rings. The maximum Gasteiger partial charge on any atom is 0.265 e. The fourth-order valence-electron chi connectivity index (χ4n) is 2.37. The van der Waals surface area contributed by atoms with Gasteiger partial charge in [0.25, 0.3) is 9.05 Å². The molecule has 0 amide bonds. The van der Waals surface area contributed by atoms with E-state index in [1.807, 2.05) is 0 Å². The molecule has 1 aliphatic carbocycles. The van der Waals surface area contributed by atoms with E-state index in [-0.39, 0.29) is 22.9 Å². The van der Waals surface area contributed by atoms with Crippen LogP contribution in [0.15, 0.2) is 23.1 Å². The second-order valence-electron chi connectivity index (χ2n) is 4.79. The molecule has 20 heavy (non-hydrogen) atoms. The smallest absolute Gasteiger partial charge is 0.265 e. The highest BCUT2D eigenvalue weighted by Crippen LogP contribution is 2.33. The van der Waals surface area contributed by atoms with Gasteiger partial charge in [-0.15, -0.1) is 0 Å². The first-order valence-corrected chi connectivity index (χ1v) is 9.02. The van der Waals surface area contributed by atoms with Gasteiger partial charge in [0.1, 0.15) is 16.7 Å². The lowest BCUT2D eigenvalue weighted by atomic mass is 9.95. The molecule has 0 aromatic heterocycles. The van der Waals surface area contributed by atoms with E-state index in [0.29, 0.717) is 5.02 Å². The van der Waals surface area contributed by atoms with Crippen molar-refractivity contribution in [3.8, 4) is 5.75 Å². The van der Waals surface area contributed by atoms with E-state index in [1.54, 1.807) is 13.2 Å². The first-order chi connectivity index (χ1) is 9.40. The van der Waals surface area contributed by atoms with Crippen molar-refractivity contribution >= 4 is 31.3 Å². The van der Waals surface area contributed by atoms with E-state index >= 15 is 0 Å². The Kier molecular flexibility index (Phi) is 5.18. The van der Waals surface area contributed by atoms with Gasteiger partial charge in [0.05, 0.1) is 6.10 Å². The van der Waals surface area contributed by atoms with Gasteiger partial charge >= 0.3 is 0 Å². The Morgan fingerprint density at radius 2 is 1.95 bits per heavy atom. The lowest BCUT2D eigenvalue weighted by Gasteiger charge is -2.29. The van der Waals surface area contributed by atoms with Crippen molar-refractivity contribution in [2.24, 2.45) is 0 Å². The highest BCUT2D eigenvalue weighted by Gasteiger charge is 2.25. The van der Waals surface area contributed by atoms with Gasteiger partial charge in [0.2, 0.25) is 0 Å². The average Bonchev–Trinajstić information content (AvgIpc) is 2.40. The van der Waals surface area contributed by atoms with Gasteiger partial charge in [-0.05, 0) is 37.5 Å². The normalized spacial score (nSPS) is 23.6. The number of halogens is 2. The summed E-state index contributed by atoms with van der Waals surface area (Å²) < 4.78 is 34.3. The maximum absolute atomic E-state index is 11.6. The van der Waals surface area contributed by atoms with Crippen LogP contribution in [0.5, 0.6) is 5.75 Å². The SMILES string of the molecule is COC1CCCC(Oc2ccc(Cl)cc2S(=O)(=O)Cl)C1. The molecule has 1 aliphatic rings. The minimum atomic E-state index is -3.89. The Bertz CT molecular complexity index is 574. The fraction of sp³-hybridized carbons (Fsp3) is 0.538. The monoisotopic (exact) mass is 338 g/mol. The van der Waals surface area contributed by atoms with E-state index in [2.05, 4.69) is 0 Å². The van der Waals surface area contributed by atoms with E-state index < -0.39 is 9.05 Å². The van der Waals surface area contributed by atoms with Gasteiger partial charge in [-0.25, -0.2) is 8.42 Å². The van der Waals surface area contributed by atoms with Crippen LogP contribution in [0.1, 0.15) is 25.7 Å². The summed E-state index contributed by atoms with van der Waals surface area (Å²) in [5.41, 5.74) is 0. The van der Waals surface area contributed by atoms with Crippen molar-refractivity contribution in [3.63, 3.8) is 0 Å². The van der Waals surface area contributed by atoms with Crippen molar-refractivity contribution in [1.29, 1.82) is 0 Å². The molecule has 0 bridgehead atoms. The standard InChI is InChI=1S/C13H16Cl2O4S/c1-18-10-3-2-4-11(8-10)19-12-6-5-9(14)7-13(12)20(15,16)17/h5-7,10-11H,2-4,8H2,1H3. The van der Waals surface area contributed by atoms with Crippen LogP contribution in [-0.4, -0.2) is 27.7 Å². The molecule has 2 atom stereocenters. The topological polar surface area (TPSA) is 52.6 Å². The molecule has 4 nitrogen and oxygen atoms in total. The molecule has 0 radical (unpaired) electrons. The summed E-state index contributed by atoms with van der Waals surface area (Å²) >= 11 is 5.81. The Balaban J connectivity index is 2.21. The molecule has 1 aromatic rings. The van der Waals surface area contributed by atoms with Crippen LogP contribution in [-0.2, 0) is 13.8 Å². The number of rotatable bonds is 4. The second kappa shape index (κ2) is 6.52. The first kappa shape index (κ1) is 15.9. The minimum absolute atomic E-state index is 0.0768. The van der Waals surface area contributed by atoms with E-state index in [9.17, 15) is 8.42 Å². The van der Waals surface area contributed by atoms with Crippen molar-refractivity contribution in [1.82, 2.24) is 0 Å². The van der Waals surface area contributed by atoms with Crippen LogP contribution < -0.4 is 4.74 Å². The van der Waals surface area contributed by atoms with E-state index in [0.717, 1.165) is 25.7 Å². The van der Waals surface area contributed by atoms with Crippen LogP contribution in [0, 0.1) is 0 Å². The summed E-state index contributed by atoms with van der Waals surface area (Å²) in [5, 5.41) is 0.301. The Morgan fingerprint density at radius 3 is 2.60 bits per heavy atom. The molecule has 0 spiro atoms. The Labute approximate surface area is 128 Å². The van der Waals surface area contributed by atoms with Gasteiger partial charge in [-0.3, -0.25) is 0 Å². The van der Waals surface area contributed by atoms with Crippen molar-refractivity contribution in [3.05, 3.63) is 23.2 Å². The van der Waals surface area contributed by atoms with Crippen LogP contribution in [0.3, 0.4) is 0 Å². The van der Waals surface area contributed by atoms with Crippen LogP contribution in [0.25, 0.3) is 0 Å². The third kappa shape index (κ3) is 4.01. The second-order valence-corrected chi connectivity index (χ2v) is 7.76. The van der Waals surface area contributed by atoms with E-state index in [4.69, 9.17) is 31.8 Å². The van der Waals surface area contributed by atoms with Gasteiger partial charge < -0.3 is 9.47 Å². The van der Waals surface area contributed by atoms with Gasteiger partial charge in [-0.2, -0.15) is 0 Å². The highest BCUT2D eigenvalue weighted by molar-refractivity contribution is 8.13. The van der Waals surface area contributed by atoms with Gasteiger partial charge in [0, 0.05) is 29.2 Å². The Morgan fingerprint density at radius 1 is 1.25 bits per heavy atom. The number of benzene rings is 1. The molecule has 112 valence electrons. The van der Waals surface area contributed by atoms with Crippen molar-refractivity contribution in [2.45, 2.75) is 42.8 Å². The number of ether oxygens (including phenoxy) is 2. The zero-order valence-corrected chi connectivity index (χ0v) is 13.3. The van der Waals surface area contributed by atoms with Crippen molar-refractivity contribution < 1.29 is 17.9 Å². The zero-order valence-electron chi connectivity index (χ0n) is 11.0. The molecule has 7 heteroatoms. The maximum atomic E-state index is 11.6. The molecule has 1 saturated carbocycles. The predicted molar refractivity (Wildman–Crippen MR) is 78.2 cm³/mol. The van der Waals surface area contributed by atoms with Crippen LogP contribution >= 0.6 is 22.3 Å². The quantitative estimate of drug-likeness (QED) is 0.787. The zero-order chi connectivity index (χ0) is 14.8. The lowest BCUT2D eigenvalue weighted by Crippen LogP contribution is -2.29. The summed E-state index contributed by atoms with van der Waals surface area (Å²) in [6.45, 7) is 0. The number of hydrogen-bond donors (Lipinski definition) is 0. The average molecular weight is 339 g/mol. The third-order valence-corrected chi connectivity index (χ3v) is 4.95. The summed E-state index contributed by atoms with van der Waals surface area (Å²) in [4.78, 5) is -0.0915. The minimum Gasteiger partial charge on any atom is -0.489 e. The molecule has 0 heterocycles. The number of hydrogen-bond acceptors (Lipinski definition) is 4. The summed E-state index contributed by atoms with van der Waals surface area (Å²) in [6, 6.07) is 4.42. The summed E-state index contributed by atoms with van der Waals surface area (Å²) in [6.07, 6.45) is 3.66. The first-order valence-electron chi connectivity index (χ1n) is 6.34. The van der Waals surface area contributed by atoms with E-state index in [1.165, 1.54) is 12.1 Å². The molecule has 0 N–H and O–H groups in total. The third-order valence-electron chi connectivity index (χ3n) is 3.37. The molecule has 2 unspecified atom stereocenters. The largest absolute Gasteiger partial charge is 0.489 e.